The highest BCUT2D eigenvalue weighted by Gasteiger charge is 2.62. The first kappa shape index (κ1) is 16.4. The van der Waals surface area contributed by atoms with Crippen molar-refractivity contribution < 1.29 is 14.3 Å². The minimum Gasteiger partial charge on any atom is -0.480 e. The number of fused-ring (bicyclic) bond motifs is 3. The smallest absolute Gasteiger partial charge is 0.344 e. The number of rotatable bonds is 4. The Morgan fingerprint density at radius 1 is 1.24 bits per heavy atom. The largest absolute Gasteiger partial charge is 0.480 e. The summed E-state index contributed by atoms with van der Waals surface area (Å²) >= 11 is 0. The van der Waals surface area contributed by atoms with Gasteiger partial charge in [-0.2, -0.15) is 0 Å². The molecular weight excluding hydrogens is 314 g/mol. The summed E-state index contributed by atoms with van der Waals surface area (Å²) in [6.45, 7) is 6.83. The number of hydrogen-bond donors (Lipinski definition) is 0. The van der Waals surface area contributed by atoms with Crippen LogP contribution in [-0.2, 0) is 9.53 Å². The van der Waals surface area contributed by atoms with Crippen LogP contribution in [0.1, 0.15) is 40.0 Å². The number of carbonyl (C=O) groups excluding carboxylic acids is 1. The summed E-state index contributed by atoms with van der Waals surface area (Å²) in [7, 11) is 0. The van der Waals surface area contributed by atoms with E-state index in [-0.39, 0.29) is 29.5 Å². The summed E-state index contributed by atoms with van der Waals surface area (Å²) in [4.78, 5) is 16.7. The van der Waals surface area contributed by atoms with Crippen LogP contribution in [0.2, 0.25) is 0 Å². The second-order valence-corrected chi connectivity index (χ2v) is 8.21. The predicted octanol–water partition coefficient (Wildman–Crippen LogP) is 4.37. The summed E-state index contributed by atoms with van der Waals surface area (Å²) in [6, 6.07) is 9.59. The molecule has 0 unspecified atom stereocenters. The Hall–Kier alpha value is -2.10. The first-order valence-corrected chi connectivity index (χ1v) is 9.08. The van der Waals surface area contributed by atoms with Crippen molar-refractivity contribution in [2.75, 3.05) is 6.61 Å². The van der Waals surface area contributed by atoms with Gasteiger partial charge in [-0.25, -0.2) is 4.79 Å². The highest BCUT2D eigenvalue weighted by atomic mass is 16.6. The third-order valence-electron chi connectivity index (χ3n) is 6.93. The molecule has 0 N–H and O–H groups in total. The fourth-order valence-electron chi connectivity index (χ4n) is 4.83. The molecule has 4 nitrogen and oxygen atoms in total. The molecule has 1 heterocycles. The molecule has 4 heteroatoms. The van der Waals surface area contributed by atoms with E-state index in [0.717, 1.165) is 23.7 Å². The van der Waals surface area contributed by atoms with Crippen LogP contribution in [0.3, 0.4) is 0 Å². The van der Waals surface area contributed by atoms with Crippen molar-refractivity contribution in [1.82, 2.24) is 4.98 Å². The Kier molecular flexibility index (Phi) is 3.75. The Bertz CT molecular complexity index is 810. The van der Waals surface area contributed by atoms with Crippen molar-refractivity contribution in [2.24, 2.45) is 16.7 Å². The van der Waals surface area contributed by atoms with E-state index in [4.69, 9.17) is 9.47 Å². The number of pyridine rings is 1. The zero-order valence-corrected chi connectivity index (χ0v) is 15.1. The number of nitrogens with zero attached hydrogens (tertiary/aromatic N) is 1. The van der Waals surface area contributed by atoms with Crippen LogP contribution in [-0.4, -0.2) is 23.7 Å². The average molecular weight is 339 g/mol. The van der Waals surface area contributed by atoms with Crippen molar-refractivity contribution in [3.63, 3.8) is 0 Å². The predicted molar refractivity (Wildman–Crippen MR) is 96.3 cm³/mol. The minimum absolute atomic E-state index is 0.00277. The number of carbonyl (C=O) groups is 1. The molecular formula is C21H25NO3. The Labute approximate surface area is 148 Å². The van der Waals surface area contributed by atoms with Gasteiger partial charge in [0.25, 0.3) is 0 Å². The molecule has 4 rings (SSSR count). The van der Waals surface area contributed by atoms with Gasteiger partial charge in [-0.15, -0.1) is 0 Å². The van der Waals surface area contributed by atoms with Gasteiger partial charge in [0.1, 0.15) is 17.4 Å². The van der Waals surface area contributed by atoms with Crippen LogP contribution in [0.5, 0.6) is 5.75 Å². The van der Waals surface area contributed by atoms with Gasteiger partial charge in [0, 0.05) is 17.0 Å². The van der Waals surface area contributed by atoms with Crippen LogP contribution >= 0.6 is 0 Å². The summed E-state index contributed by atoms with van der Waals surface area (Å²) in [5, 5.41) is 0.996. The number of ether oxygens (including phenoxy) is 2. The van der Waals surface area contributed by atoms with Crippen molar-refractivity contribution in [3.05, 3.63) is 36.5 Å². The normalized spacial score (nSPS) is 29.7. The Balaban J connectivity index is 1.42. The van der Waals surface area contributed by atoms with Gasteiger partial charge in [-0.3, -0.25) is 4.98 Å². The lowest BCUT2D eigenvalue weighted by Crippen LogP contribution is -2.39. The number of benzene rings is 1. The first-order valence-electron chi connectivity index (χ1n) is 9.08. The molecule has 2 aromatic rings. The fraction of sp³-hybridized carbons (Fsp3) is 0.524. The molecule has 2 bridgehead atoms. The Morgan fingerprint density at radius 3 is 2.76 bits per heavy atom. The average Bonchev–Trinajstić information content (AvgIpc) is 2.93. The molecule has 0 saturated heterocycles. The maximum atomic E-state index is 12.4. The lowest BCUT2D eigenvalue weighted by atomic mass is 9.70. The van der Waals surface area contributed by atoms with E-state index in [1.54, 1.807) is 6.20 Å². The van der Waals surface area contributed by atoms with E-state index in [9.17, 15) is 4.79 Å². The van der Waals surface area contributed by atoms with Gasteiger partial charge in [0.15, 0.2) is 6.61 Å². The SMILES string of the molecule is CC1(C)[C@@H]2CC[C@]1(C)[C@H](OC(=O)COc1cccc3cccnc13)C2. The van der Waals surface area contributed by atoms with Gasteiger partial charge in [-0.1, -0.05) is 39.0 Å². The summed E-state index contributed by atoms with van der Waals surface area (Å²) in [6.07, 6.45) is 5.09. The lowest BCUT2D eigenvalue weighted by molar-refractivity contribution is -0.159. The second kappa shape index (κ2) is 5.72. The van der Waals surface area contributed by atoms with Crippen LogP contribution in [0.4, 0.5) is 0 Å². The van der Waals surface area contributed by atoms with E-state index in [0.29, 0.717) is 11.7 Å². The molecule has 3 atom stereocenters. The molecule has 1 aromatic heterocycles. The maximum Gasteiger partial charge on any atom is 0.344 e. The van der Waals surface area contributed by atoms with Gasteiger partial charge in [-0.05, 0) is 42.7 Å². The Morgan fingerprint density at radius 2 is 2.04 bits per heavy atom. The molecule has 0 radical (unpaired) electrons. The standard InChI is InChI=1S/C21H25NO3/c1-20(2)15-9-10-21(20,3)17(12-15)25-18(23)13-24-16-8-4-6-14-7-5-11-22-19(14)16/h4-8,11,15,17H,9-10,12-13H2,1-3H3/t15-,17-,21-/m1/s1. The maximum absolute atomic E-state index is 12.4. The first-order chi connectivity index (χ1) is 11.9. The minimum atomic E-state index is -0.289. The number of esters is 1. The van der Waals surface area contributed by atoms with E-state index in [1.165, 1.54) is 6.42 Å². The highest BCUT2D eigenvalue weighted by molar-refractivity contribution is 5.84. The van der Waals surface area contributed by atoms with Gasteiger partial charge in [0.05, 0.1) is 0 Å². The van der Waals surface area contributed by atoms with E-state index >= 15 is 0 Å². The van der Waals surface area contributed by atoms with Gasteiger partial charge >= 0.3 is 5.97 Å². The van der Waals surface area contributed by atoms with Gasteiger partial charge < -0.3 is 9.47 Å². The summed E-state index contributed by atoms with van der Waals surface area (Å²) < 4.78 is 11.6. The van der Waals surface area contributed by atoms with Crippen LogP contribution in [0, 0.1) is 16.7 Å². The molecule has 2 aliphatic rings. The molecule has 1 aromatic carbocycles. The topological polar surface area (TPSA) is 48.4 Å². The highest BCUT2D eigenvalue weighted by Crippen LogP contribution is 2.66. The quantitative estimate of drug-likeness (QED) is 0.776. The third kappa shape index (κ3) is 2.50. The monoisotopic (exact) mass is 339 g/mol. The fourth-order valence-corrected chi connectivity index (χ4v) is 4.83. The molecule has 2 saturated carbocycles. The molecule has 0 spiro atoms. The number of para-hydroxylation sites is 1. The molecule has 2 fully saturated rings. The zero-order chi connectivity index (χ0) is 17.7. The summed E-state index contributed by atoms with van der Waals surface area (Å²) in [5.41, 5.74) is 1.08. The lowest BCUT2D eigenvalue weighted by Gasteiger charge is -2.38. The molecule has 2 aliphatic carbocycles. The van der Waals surface area contributed by atoms with Crippen LogP contribution in [0.15, 0.2) is 36.5 Å². The molecule has 0 aliphatic heterocycles. The van der Waals surface area contributed by atoms with E-state index < -0.39 is 0 Å². The van der Waals surface area contributed by atoms with Crippen molar-refractivity contribution >= 4 is 16.9 Å². The number of hydrogen-bond acceptors (Lipinski definition) is 4. The van der Waals surface area contributed by atoms with Crippen LogP contribution in [0.25, 0.3) is 10.9 Å². The van der Waals surface area contributed by atoms with E-state index in [2.05, 4.69) is 25.8 Å². The zero-order valence-electron chi connectivity index (χ0n) is 15.1. The van der Waals surface area contributed by atoms with Gasteiger partial charge in [0.2, 0.25) is 0 Å². The van der Waals surface area contributed by atoms with Crippen molar-refractivity contribution in [2.45, 2.75) is 46.1 Å². The van der Waals surface area contributed by atoms with Crippen LogP contribution < -0.4 is 4.74 Å². The van der Waals surface area contributed by atoms with Crippen molar-refractivity contribution in [3.8, 4) is 5.75 Å². The second-order valence-electron chi connectivity index (χ2n) is 8.21. The number of aromatic nitrogens is 1. The molecule has 25 heavy (non-hydrogen) atoms. The third-order valence-corrected chi connectivity index (χ3v) is 6.93. The van der Waals surface area contributed by atoms with Crippen molar-refractivity contribution in [1.29, 1.82) is 0 Å². The van der Waals surface area contributed by atoms with E-state index in [1.807, 2.05) is 30.3 Å². The molecule has 0 amide bonds. The summed E-state index contributed by atoms with van der Waals surface area (Å²) in [5.74, 6) is 0.982. The molecule has 132 valence electrons.